The number of sulfonamides is 1. The molecular formula is C12H18ClF3N2O2S. The van der Waals surface area contributed by atoms with Gasteiger partial charge in [-0.3, -0.25) is 0 Å². The number of halogens is 4. The van der Waals surface area contributed by atoms with Crippen molar-refractivity contribution in [2.45, 2.75) is 18.7 Å². The quantitative estimate of drug-likeness (QED) is 0.831. The summed E-state index contributed by atoms with van der Waals surface area (Å²) in [5.74, 6) is -4.97. The topological polar surface area (TPSA) is 63.4 Å². The van der Waals surface area contributed by atoms with Crippen LogP contribution in [0.4, 0.5) is 13.2 Å². The van der Waals surface area contributed by atoms with Crippen LogP contribution in [0.3, 0.4) is 0 Å². The Balaban J connectivity index is 0.00000400. The summed E-state index contributed by atoms with van der Waals surface area (Å²) >= 11 is 0. The molecule has 0 aliphatic heterocycles. The van der Waals surface area contributed by atoms with Gasteiger partial charge in [0.15, 0.2) is 17.5 Å². The summed E-state index contributed by atoms with van der Waals surface area (Å²) in [4.78, 5) is -0.897. The molecule has 1 aromatic rings. The first-order chi connectivity index (χ1) is 9.03. The highest BCUT2D eigenvalue weighted by Crippen LogP contribution is 2.24. The van der Waals surface area contributed by atoms with E-state index in [-0.39, 0.29) is 25.5 Å². The van der Waals surface area contributed by atoms with Crippen LogP contribution in [0.1, 0.15) is 13.8 Å². The molecule has 0 unspecified atom stereocenters. The normalized spacial score (nSPS) is 12.4. The molecule has 0 heterocycles. The van der Waals surface area contributed by atoms with Crippen molar-refractivity contribution >= 4 is 22.4 Å². The zero-order chi connectivity index (χ0) is 15.7. The van der Waals surface area contributed by atoms with E-state index in [2.05, 4.69) is 0 Å². The molecule has 0 bridgehead atoms. The van der Waals surface area contributed by atoms with E-state index >= 15 is 0 Å². The summed E-state index contributed by atoms with van der Waals surface area (Å²) in [5, 5.41) is 0. The maximum Gasteiger partial charge on any atom is 0.245 e. The van der Waals surface area contributed by atoms with Gasteiger partial charge in [-0.15, -0.1) is 12.4 Å². The molecule has 9 heteroatoms. The van der Waals surface area contributed by atoms with Gasteiger partial charge in [-0.1, -0.05) is 13.8 Å². The molecule has 2 N–H and O–H groups in total. The third-order valence-electron chi connectivity index (χ3n) is 2.89. The molecule has 0 radical (unpaired) electrons. The molecule has 0 aliphatic rings. The zero-order valence-corrected chi connectivity index (χ0v) is 13.5. The number of nitrogens with zero attached hydrogens (tertiary/aromatic N) is 1. The lowest BCUT2D eigenvalue weighted by Gasteiger charge is -2.28. The Labute approximate surface area is 128 Å². The van der Waals surface area contributed by atoms with Crippen LogP contribution in [0, 0.1) is 22.9 Å². The van der Waals surface area contributed by atoms with Gasteiger partial charge in [-0.25, -0.2) is 25.9 Å². The van der Waals surface area contributed by atoms with Gasteiger partial charge in [0.1, 0.15) is 4.90 Å². The Bertz CT molecular complexity index is 609. The minimum atomic E-state index is -4.26. The van der Waals surface area contributed by atoms with Gasteiger partial charge >= 0.3 is 0 Å². The van der Waals surface area contributed by atoms with E-state index in [9.17, 15) is 21.6 Å². The Morgan fingerprint density at radius 1 is 1.19 bits per heavy atom. The smallest absolute Gasteiger partial charge is 0.245 e. The van der Waals surface area contributed by atoms with E-state index in [1.807, 2.05) is 0 Å². The molecule has 1 rings (SSSR count). The van der Waals surface area contributed by atoms with Gasteiger partial charge in [0, 0.05) is 13.6 Å². The fraction of sp³-hybridized carbons (Fsp3) is 0.500. The molecule has 4 nitrogen and oxygen atoms in total. The van der Waals surface area contributed by atoms with Gasteiger partial charge in [-0.2, -0.15) is 0 Å². The van der Waals surface area contributed by atoms with E-state index < -0.39 is 37.8 Å². The minimum absolute atomic E-state index is 0. The fourth-order valence-corrected chi connectivity index (χ4v) is 3.04. The van der Waals surface area contributed by atoms with E-state index in [0.29, 0.717) is 12.1 Å². The van der Waals surface area contributed by atoms with E-state index in [0.717, 1.165) is 4.31 Å². The van der Waals surface area contributed by atoms with E-state index in [4.69, 9.17) is 5.73 Å². The van der Waals surface area contributed by atoms with Crippen molar-refractivity contribution in [1.29, 1.82) is 0 Å². The molecule has 0 saturated heterocycles. The first-order valence-electron chi connectivity index (χ1n) is 5.83. The molecule has 0 saturated carbocycles. The first-order valence-corrected chi connectivity index (χ1v) is 7.27. The van der Waals surface area contributed by atoms with Crippen molar-refractivity contribution in [3.63, 3.8) is 0 Å². The van der Waals surface area contributed by atoms with Crippen LogP contribution in [-0.2, 0) is 10.0 Å². The molecule has 122 valence electrons. The molecule has 0 atom stereocenters. The summed E-state index contributed by atoms with van der Waals surface area (Å²) in [6.07, 6.45) is 0. The number of rotatable bonds is 5. The van der Waals surface area contributed by atoms with Crippen LogP contribution in [0.25, 0.3) is 0 Å². The van der Waals surface area contributed by atoms with Crippen molar-refractivity contribution < 1.29 is 21.6 Å². The second kappa shape index (κ2) is 6.95. The van der Waals surface area contributed by atoms with Crippen LogP contribution >= 0.6 is 12.4 Å². The van der Waals surface area contributed by atoms with Crippen molar-refractivity contribution in [2.24, 2.45) is 11.1 Å². The molecule has 0 aliphatic carbocycles. The highest BCUT2D eigenvalue weighted by atomic mass is 35.5. The van der Waals surface area contributed by atoms with E-state index in [1.165, 1.54) is 7.05 Å². The lowest BCUT2D eigenvalue weighted by molar-refractivity contribution is 0.291. The Morgan fingerprint density at radius 2 is 1.71 bits per heavy atom. The Morgan fingerprint density at radius 3 is 2.19 bits per heavy atom. The third kappa shape index (κ3) is 4.32. The van der Waals surface area contributed by atoms with Crippen LogP contribution < -0.4 is 5.73 Å². The van der Waals surface area contributed by atoms with Crippen molar-refractivity contribution in [2.75, 3.05) is 20.1 Å². The summed E-state index contributed by atoms with van der Waals surface area (Å²) < 4.78 is 64.8. The van der Waals surface area contributed by atoms with Crippen LogP contribution in [0.15, 0.2) is 17.0 Å². The monoisotopic (exact) mass is 346 g/mol. The van der Waals surface area contributed by atoms with Gasteiger partial charge < -0.3 is 5.73 Å². The van der Waals surface area contributed by atoms with Crippen LogP contribution in [0.5, 0.6) is 0 Å². The van der Waals surface area contributed by atoms with Crippen molar-refractivity contribution in [1.82, 2.24) is 4.31 Å². The fourth-order valence-electron chi connectivity index (χ4n) is 1.63. The van der Waals surface area contributed by atoms with Crippen LogP contribution in [-0.4, -0.2) is 32.9 Å². The number of nitrogens with two attached hydrogens (primary N) is 1. The molecule has 0 fully saturated rings. The molecular weight excluding hydrogens is 329 g/mol. The van der Waals surface area contributed by atoms with Gasteiger partial charge in [0.05, 0.1) is 0 Å². The van der Waals surface area contributed by atoms with E-state index in [1.54, 1.807) is 13.8 Å². The molecule has 1 aromatic carbocycles. The third-order valence-corrected chi connectivity index (χ3v) is 4.71. The Kier molecular flexibility index (Phi) is 6.68. The largest absolute Gasteiger partial charge is 0.330 e. The lowest BCUT2D eigenvalue weighted by atomic mass is 9.94. The highest BCUT2D eigenvalue weighted by molar-refractivity contribution is 7.89. The highest BCUT2D eigenvalue weighted by Gasteiger charge is 2.31. The maximum absolute atomic E-state index is 13.6. The Hall–Kier alpha value is -0.830. The minimum Gasteiger partial charge on any atom is -0.330 e. The average Bonchev–Trinajstić information content (AvgIpc) is 2.35. The van der Waals surface area contributed by atoms with Gasteiger partial charge in [0.25, 0.3) is 0 Å². The molecule has 0 spiro atoms. The summed E-state index contributed by atoms with van der Waals surface area (Å²) in [6.45, 7) is 3.71. The number of hydrogen-bond acceptors (Lipinski definition) is 3. The predicted octanol–water partition coefficient (Wildman–Crippen LogP) is 2.13. The summed E-state index contributed by atoms with van der Waals surface area (Å²) in [6, 6.07) is 1.28. The standard InChI is InChI=1S/C12H17F3N2O2S.ClH/c1-12(2,6-16)7-17(3)20(18,19)9-5-4-8(13)10(14)11(9)15;/h4-5H,6-7,16H2,1-3H3;1H. The first kappa shape index (κ1) is 20.2. The molecule has 21 heavy (non-hydrogen) atoms. The average molecular weight is 347 g/mol. The maximum atomic E-state index is 13.6. The van der Waals surface area contributed by atoms with Gasteiger partial charge in [-0.05, 0) is 24.1 Å². The zero-order valence-electron chi connectivity index (χ0n) is 11.9. The number of benzene rings is 1. The second-order valence-electron chi connectivity index (χ2n) is 5.30. The molecule has 0 aromatic heterocycles. The van der Waals surface area contributed by atoms with Gasteiger partial charge in [0.2, 0.25) is 10.0 Å². The lowest BCUT2D eigenvalue weighted by Crippen LogP contribution is -2.40. The predicted molar refractivity (Wildman–Crippen MR) is 76.2 cm³/mol. The second-order valence-corrected chi connectivity index (χ2v) is 7.32. The summed E-state index contributed by atoms with van der Waals surface area (Å²) in [5.41, 5.74) is 4.97. The number of hydrogen-bond donors (Lipinski definition) is 1. The summed E-state index contributed by atoms with van der Waals surface area (Å²) in [7, 11) is -3.03. The SMILES string of the molecule is CN(CC(C)(C)CN)S(=O)(=O)c1ccc(F)c(F)c1F.Cl. The van der Waals surface area contributed by atoms with Crippen molar-refractivity contribution in [3.05, 3.63) is 29.6 Å². The van der Waals surface area contributed by atoms with Crippen LogP contribution in [0.2, 0.25) is 0 Å². The molecule has 0 amide bonds. The van der Waals surface area contributed by atoms with Crippen molar-refractivity contribution in [3.8, 4) is 0 Å².